The quantitative estimate of drug-likeness (QED) is 0.859. The summed E-state index contributed by atoms with van der Waals surface area (Å²) in [4.78, 5) is 17.6. The van der Waals surface area contributed by atoms with Crippen molar-refractivity contribution in [3.8, 4) is 0 Å². The molecule has 1 N–H and O–H groups in total. The predicted molar refractivity (Wildman–Crippen MR) is 75.8 cm³/mol. The fraction of sp³-hybridized carbons (Fsp3) is 0.357. The summed E-state index contributed by atoms with van der Waals surface area (Å²) in [5.74, 6) is 0.152. The lowest BCUT2D eigenvalue weighted by Crippen LogP contribution is -2.35. The van der Waals surface area contributed by atoms with E-state index in [9.17, 15) is 4.79 Å². The molecule has 0 bridgehead atoms. The SMILES string of the molecule is O=C(c1c[nH]c2ccc(Br)cc12)N1CCCCC1. The molecule has 2 heterocycles. The predicted octanol–water partition coefficient (Wildman–Crippen LogP) is 3.56. The highest BCUT2D eigenvalue weighted by Gasteiger charge is 2.20. The van der Waals surface area contributed by atoms with Gasteiger partial charge in [-0.3, -0.25) is 4.79 Å². The highest BCUT2D eigenvalue weighted by atomic mass is 79.9. The first kappa shape index (κ1) is 11.8. The molecule has 3 rings (SSSR count). The van der Waals surface area contributed by atoms with E-state index in [0.717, 1.165) is 46.9 Å². The van der Waals surface area contributed by atoms with Crippen molar-refractivity contribution in [3.63, 3.8) is 0 Å². The Bertz CT molecular complexity index is 584. The molecule has 1 aromatic carbocycles. The van der Waals surface area contributed by atoms with Gasteiger partial charge in [0.05, 0.1) is 5.56 Å². The molecule has 94 valence electrons. The van der Waals surface area contributed by atoms with Crippen molar-refractivity contribution in [2.24, 2.45) is 0 Å². The Morgan fingerprint density at radius 1 is 1.22 bits per heavy atom. The van der Waals surface area contributed by atoms with Crippen LogP contribution in [0.1, 0.15) is 29.6 Å². The van der Waals surface area contributed by atoms with Crippen LogP contribution in [-0.2, 0) is 0 Å². The lowest BCUT2D eigenvalue weighted by molar-refractivity contribution is 0.0726. The molecule has 1 saturated heterocycles. The van der Waals surface area contributed by atoms with E-state index < -0.39 is 0 Å². The second-order valence-corrected chi connectivity index (χ2v) is 5.66. The average Bonchev–Trinajstić information content (AvgIpc) is 2.82. The maximum atomic E-state index is 12.5. The Labute approximate surface area is 114 Å². The summed E-state index contributed by atoms with van der Waals surface area (Å²) in [5, 5.41) is 1.000. The summed E-state index contributed by atoms with van der Waals surface area (Å²) < 4.78 is 1.00. The van der Waals surface area contributed by atoms with Gasteiger partial charge in [-0.2, -0.15) is 0 Å². The second kappa shape index (κ2) is 4.76. The minimum atomic E-state index is 0.152. The number of hydrogen-bond acceptors (Lipinski definition) is 1. The number of benzene rings is 1. The third-order valence-electron chi connectivity index (χ3n) is 3.52. The Kier molecular flexibility index (Phi) is 3.12. The summed E-state index contributed by atoms with van der Waals surface area (Å²) in [7, 11) is 0. The van der Waals surface area contributed by atoms with Crippen molar-refractivity contribution in [1.82, 2.24) is 9.88 Å². The number of aromatic nitrogens is 1. The number of halogens is 1. The molecule has 0 saturated carbocycles. The molecule has 0 spiro atoms. The van der Waals surface area contributed by atoms with Crippen LogP contribution in [0.3, 0.4) is 0 Å². The van der Waals surface area contributed by atoms with Gasteiger partial charge in [0.1, 0.15) is 0 Å². The summed E-state index contributed by atoms with van der Waals surface area (Å²) in [6, 6.07) is 5.98. The number of H-pyrrole nitrogens is 1. The van der Waals surface area contributed by atoms with E-state index in [1.807, 2.05) is 29.3 Å². The van der Waals surface area contributed by atoms with Gasteiger partial charge >= 0.3 is 0 Å². The Morgan fingerprint density at radius 3 is 2.78 bits per heavy atom. The van der Waals surface area contributed by atoms with Crippen LogP contribution in [0.4, 0.5) is 0 Å². The third kappa shape index (κ3) is 2.05. The number of fused-ring (bicyclic) bond motifs is 1. The van der Waals surface area contributed by atoms with Crippen LogP contribution >= 0.6 is 15.9 Å². The fourth-order valence-electron chi connectivity index (χ4n) is 2.54. The minimum absolute atomic E-state index is 0.152. The van der Waals surface area contributed by atoms with E-state index >= 15 is 0 Å². The van der Waals surface area contributed by atoms with Gasteiger partial charge < -0.3 is 9.88 Å². The van der Waals surface area contributed by atoms with Gasteiger partial charge in [0.2, 0.25) is 0 Å². The summed E-state index contributed by atoms with van der Waals surface area (Å²) in [6.45, 7) is 1.78. The lowest BCUT2D eigenvalue weighted by atomic mass is 10.1. The zero-order chi connectivity index (χ0) is 12.5. The molecule has 0 atom stereocenters. The van der Waals surface area contributed by atoms with Gasteiger partial charge in [0.15, 0.2) is 0 Å². The van der Waals surface area contributed by atoms with Gasteiger partial charge in [0.25, 0.3) is 5.91 Å². The molecule has 1 aliphatic heterocycles. The first-order valence-corrected chi connectivity index (χ1v) is 7.11. The average molecular weight is 307 g/mol. The first-order valence-electron chi connectivity index (χ1n) is 6.31. The minimum Gasteiger partial charge on any atom is -0.360 e. The van der Waals surface area contributed by atoms with Crippen molar-refractivity contribution >= 4 is 32.7 Å². The smallest absolute Gasteiger partial charge is 0.256 e. The van der Waals surface area contributed by atoms with Crippen LogP contribution < -0.4 is 0 Å². The van der Waals surface area contributed by atoms with E-state index in [2.05, 4.69) is 20.9 Å². The molecule has 1 amide bonds. The molecule has 1 aromatic heterocycles. The largest absolute Gasteiger partial charge is 0.360 e. The van der Waals surface area contributed by atoms with E-state index in [4.69, 9.17) is 0 Å². The topological polar surface area (TPSA) is 36.1 Å². The van der Waals surface area contributed by atoms with Crippen LogP contribution in [-0.4, -0.2) is 28.9 Å². The Morgan fingerprint density at radius 2 is 2.00 bits per heavy atom. The van der Waals surface area contributed by atoms with Crippen LogP contribution in [0, 0.1) is 0 Å². The van der Waals surface area contributed by atoms with Gasteiger partial charge in [-0.15, -0.1) is 0 Å². The van der Waals surface area contributed by atoms with E-state index in [-0.39, 0.29) is 5.91 Å². The standard InChI is InChI=1S/C14H15BrN2O/c15-10-4-5-13-11(8-10)12(9-16-13)14(18)17-6-2-1-3-7-17/h4-5,8-9,16H,1-3,6-7H2. The van der Waals surface area contributed by atoms with Crippen molar-refractivity contribution in [1.29, 1.82) is 0 Å². The van der Waals surface area contributed by atoms with Crippen molar-refractivity contribution < 1.29 is 4.79 Å². The van der Waals surface area contributed by atoms with E-state index in [0.29, 0.717) is 0 Å². The number of rotatable bonds is 1. The first-order chi connectivity index (χ1) is 8.75. The molecule has 1 aliphatic rings. The van der Waals surface area contributed by atoms with Crippen molar-refractivity contribution in [2.75, 3.05) is 13.1 Å². The molecule has 0 radical (unpaired) electrons. The fourth-order valence-corrected chi connectivity index (χ4v) is 2.90. The molecule has 0 unspecified atom stereocenters. The van der Waals surface area contributed by atoms with Crippen LogP contribution in [0.15, 0.2) is 28.9 Å². The molecule has 4 heteroatoms. The van der Waals surface area contributed by atoms with Crippen molar-refractivity contribution in [3.05, 3.63) is 34.4 Å². The second-order valence-electron chi connectivity index (χ2n) is 4.75. The molecular weight excluding hydrogens is 292 g/mol. The number of nitrogens with one attached hydrogen (secondary N) is 1. The highest BCUT2D eigenvalue weighted by Crippen LogP contribution is 2.24. The normalized spacial score (nSPS) is 16.2. The number of carbonyl (C=O) groups excluding carboxylic acids is 1. The number of amides is 1. The monoisotopic (exact) mass is 306 g/mol. The maximum Gasteiger partial charge on any atom is 0.256 e. The zero-order valence-corrected chi connectivity index (χ0v) is 11.7. The molecule has 2 aromatic rings. The van der Waals surface area contributed by atoms with Crippen LogP contribution in [0.25, 0.3) is 10.9 Å². The van der Waals surface area contributed by atoms with Crippen molar-refractivity contribution in [2.45, 2.75) is 19.3 Å². The Balaban J connectivity index is 1.98. The number of aromatic amines is 1. The number of piperidine rings is 1. The molecule has 3 nitrogen and oxygen atoms in total. The summed E-state index contributed by atoms with van der Waals surface area (Å²) in [6.07, 6.45) is 5.31. The maximum absolute atomic E-state index is 12.5. The summed E-state index contributed by atoms with van der Waals surface area (Å²) >= 11 is 3.46. The zero-order valence-electron chi connectivity index (χ0n) is 10.1. The van der Waals surface area contributed by atoms with Crippen LogP contribution in [0.5, 0.6) is 0 Å². The molecule has 0 aliphatic carbocycles. The van der Waals surface area contributed by atoms with Crippen LogP contribution in [0.2, 0.25) is 0 Å². The highest BCUT2D eigenvalue weighted by molar-refractivity contribution is 9.10. The van der Waals surface area contributed by atoms with Gasteiger partial charge in [-0.1, -0.05) is 15.9 Å². The number of nitrogens with zero attached hydrogens (tertiary/aromatic N) is 1. The van der Waals surface area contributed by atoms with Gasteiger partial charge in [-0.25, -0.2) is 0 Å². The lowest BCUT2D eigenvalue weighted by Gasteiger charge is -2.26. The number of likely N-dealkylation sites (tertiary alicyclic amines) is 1. The molecule has 1 fully saturated rings. The van der Waals surface area contributed by atoms with Gasteiger partial charge in [0, 0.05) is 34.7 Å². The number of hydrogen-bond donors (Lipinski definition) is 1. The molecular formula is C14H15BrN2O. The van der Waals surface area contributed by atoms with E-state index in [1.54, 1.807) is 0 Å². The third-order valence-corrected chi connectivity index (χ3v) is 4.01. The van der Waals surface area contributed by atoms with E-state index in [1.165, 1.54) is 6.42 Å². The Hall–Kier alpha value is -1.29. The van der Waals surface area contributed by atoms with Gasteiger partial charge in [-0.05, 0) is 37.5 Å². The summed E-state index contributed by atoms with van der Waals surface area (Å²) in [5.41, 5.74) is 1.80. The number of carbonyl (C=O) groups is 1. The molecule has 18 heavy (non-hydrogen) atoms.